The van der Waals surface area contributed by atoms with E-state index in [2.05, 4.69) is 43.4 Å². The fourth-order valence-electron chi connectivity index (χ4n) is 2.63. The lowest BCUT2D eigenvalue weighted by atomic mass is 9.94. The quantitative estimate of drug-likeness (QED) is 0.857. The number of benzene rings is 1. The van der Waals surface area contributed by atoms with Crippen LogP contribution in [0.1, 0.15) is 50.2 Å². The van der Waals surface area contributed by atoms with Gasteiger partial charge in [0.15, 0.2) is 0 Å². The van der Waals surface area contributed by atoms with E-state index in [9.17, 15) is 5.11 Å². The summed E-state index contributed by atoms with van der Waals surface area (Å²) >= 11 is 0. The molecule has 100 valence electrons. The first-order chi connectivity index (χ1) is 8.66. The Morgan fingerprint density at radius 2 is 1.94 bits per heavy atom. The first-order valence-corrected chi connectivity index (χ1v) is 7.17. The smallest absolute Gasteiger partial charge is 0.0733 e. The van der Waals surface area contributed by atoms with Crippen LogP contribution in [0.25, 0.3) is 0 Å². The summed E-state index contributed by atoms with van der Waals surface area (Å²) in [5, 5.41) is 13.7. The van der Waals surface area contributed by atoms with Crippen LogP contribution in [0.2, 0.25) is 0 Å². The van der Waals surface area contributed by atoms with Gasteiger partial charge < -0.3 is 10.4 Å². The van der Waals surface area contributed by atoms with Gasteiger partial charge in [-0.05, 0) is 42.9 Å². The highest BCUT2D eigenvalue weighted by Gasteiger charge is 2.21. The number of nitrogens with one attached hydrogen (secondary N) is 1. The Morgan fingerprint density at radius 3 is 2.50 bits per heavy atom. The monoisotopic (exact) mass is 247 g/mol. The van der Waals surface area contributed by atoms with Crippen LogP contribution in [0, 0.1) is 0 Å². The molecule has 0 amide bonds. The number of hydrogen-bond donors (Lipinski definition) is 2. The van der Waals surface area contributed by atoms with Crippen molar-refractivity contribution in [3.63, 3.8) is 0 Å². The summed E-state index contributed by atoms with van der Waals surface area (Å²) in [5.41, 5.74) is 2.60. The van der Waals surface area contributed by atoms with E-state index in [4.69, 9.17) is 0 Å². The van der Waals surface area contributed by atoms with E-state index in [0.29, 0.717) is 5.92 Å². The Hall–Kier alpha value is -0.860. The molecule has 1 aromatic rings. The lowest BCUT2D eigenvalue weighted by Gasteiger charge is -2.28. The molecule has 1 fully saturated rings. The molecule has 0 radical (unpaired) electrons. The fourth-order valence-corrected chi connectivity index (χ4v) is 2.63. The Morgan fingerprint density at radius 1 is 1.22 bits per heavy atom. The van der Waals surface area contributed by atoms with Crippen molar-refractivity contribution >= 4 is 0 Å². The lowest BCUT2D eigenvalue weighted by Crippen LogP contribution is -2.44. The van der Waals surface area contributed by atoms with Crippen molar-refractivity contribution in [3.8, 4) is 0 Å². The summed E-state index contributed by atoms with van der Waals surface area (Å²) in [6.07, 6.45) is 4.09. The predicted octanol–water partition coefficient (Wildman–Crippen LogP) is 2.86. The minimum Gasteiger partial charge on any atom is -0.391 e. The minimum absolute atomic E-state index is 0.254. The maximum Gasteiger partial charge on any atom is 0.0733 e. The molecule has 2 atom stereocenters. The van der Waals surface area contributed by atoms with Crippen LogP contribution in [0.3, 0.4) is 0 Å². The van der Waals surface area contributed by atoms with Crippen LogP contribution in [-0.2, 0) is 6.42 Å². The van der Waals surface area contributed by atoms with Gasteiger partial charge >= 0.3 is 0 Å². The molecule has 18 heavy (non-hydrogen) atoms. The van der Waals surface area contributed by atoms with Crippen molar-refractivity contribution < 1.29 is 5.11 Å². The molecule has 2 unspecified atom stereocenters. The van der Waals surface area contributed by atoms with Gasteiger partial charge in [-0.1, -0.05) is 44.5 Å². The molecular formula is C16H25NO. The summed E-state index contributed by atoms with van der Waals surface area (Å²) in [6.45, 7) is 5.46. The molecule has 1 saturated heterocycles. The molecule has 2 heteroatoms. The van der Waals surface area contributed by atoms with Crippen molar-refractivity contribution in [2.45, 2.75) is 57.6 Å². The van der Waals surface area contributed by atoms with Gasteiger partial charge in [0, 0.05) is 6.04 Å². The molecule has 0 spiro atoms. The third kappa shape index (κ3) is 3.56. The van der Waals surface area contributed by atoms with Gasteiger partial charge in [-0.2, -0.15) is 0 Å². The number of aliphatic hydroxyl groups excluding tert-OH is 1. The van der Waals surface area contributed by atoms with E-state index in [1.165, 1.54) is 24.0 Å². The lowest BCUT2D eigenvalue weighted by molar-refractivity contribution is 0.113. The molecule has 1 aromatic carbocycles. The predicted molar refractivity (Wildman–Crippen MR) is 75.9 cm³/mol. The van der Waals surface area contributed by atoms with E-state index >= 15 is 0 Å². The van der Waals surface area contributed by atoms with Crippen molar-refractivity contribution in [1.82, 2.24) is 5.32 Å². The second-order valence-corrected chi connectivity index (χ2v) is 5.72. The van der Waals surface area contributed by atoms with Gasteiger partial charge in [-0.15, -0.1) is 0 Å². The normalized spacial score (nSPS) is 22.1. The van der Waals surface area contributed by atoms with Crippen molar-refractivity contribution in [2.24, 2.45) is 0 Å². The van der Waals surface area contributed by atoms with Crippen molar-refractivity contribution in [2.75, 3.05) is 6.54 Å². The van der Waals surface area contributed by atoms with Crippen LogP contribution in [0.4, 0.5) is 0 Å². The van der Waals surface area contributed by atoms with Crippen molar-refractivity contribution in [3.05, 3.63) is 35.4 Å². The van der Waals surface area contributed by atoms with Gasteiger partial charge in [0.05, 0.1) is 6.10 Å². The first-order valence-electron chi connectivity index (χ1n) is 7.17. The zero-order valence-electron chi connectivity index (χ0n) is 11.5. The van der Waals surface area contributed by atoms with Gasteiger partial charge in [0.25, 0.3) is 0 Å². The molecule has 2 N–H and O–H groups in total. The zero-order chi connectivity index (χ0) is 13.0. The summed E-state index contributed by atoms with van der Waals surface area (Å²) in [5.74, 6) is 0.573. The molecule has 1 aliphatic rings. The van der Waals surface area contributed by atoms with Crippen LogP contribution in [0.5, 0.6) is 0 Å². The van der Waals surface area contributed by atoms with Crippen LogP contribution >= 0.6 is 0 Å². The molecule has 2 rings (SSSR count). The Kier molecular flexibility index (Phi) is 4.79. The average Bonchev–Trinajstić information content (AvgIpc) is 2.40. The fraction of sp³-hybridized carbons (Fsp3) is 0.625. The molecule has 1 heterocycles. The number of hydrogen-bond acceptors (Lipinski definition) is 2. The van der Waals surface area contributed by atoms with Crippen LogP contribution in [-0.4, -0.2) is 23.8 Å². The molecule has 0 saturated carbocycles. The van der Waals surface area contributed by atoms with E-state index < -0.39 is 0 Å². The highest BCUT2D eigenvalue weighted by atomic mass is 16.3. The third-order valence-corrected chi connectivity index (χ3v) is 3.90. The molecule has 0 aliphatic carbocycles. The van der Waals surface area contributed by atoms with Gasteiger partial charge in [0.2, 0.25) is 0 Å². The molecule has 2 nitrogen and oxygen atoms in total. The second kappa shape index (κ2) is 6.35. The summed E-state index contributed by atoms with van der Waals surface area (Å²) < 4.78 is 0. The number of aliphatic hydroxyl groups is 1. The zero-order valence-corrected chi connectivity index (χ0v) is 11.5. The van der Waals surface area contributed by atoms with Gasteiger partial charge in [0.1, 0.15) is 0 Å². The Balaban J connectivity index is 1.91. The number of rotatable bonds is 4. The summed E-state index contributed by atoms with van der Waals surface area (Å²) in [7, 11) is 0. The largest absolute Gasteiger partial charge is 0.391 e. The molecule has 1 aliphatic heterocycles. The summed E-state index contributed by atoms with van der Waals surface area (Å²) in [6, 6.07) is 8.95. The van der Waals surface area contributed by atoms with Gasteiger partial charge in [-0.3, -0.25) is 0 Å². The topological polar surface area (TPSA) is 32.3 Å². The third-order valence-electron chi connectivity index (χ3n) is 3.90. The highest BCUT2D eigenvalue weighted by molar-refractivity contribution is 5.25. The Bertz CT molecular complexity index is 352. The van der Waals surface area contributed by atoms with E-state index in [0.717, 1.165) is 19.4 Å². The Labute approximate surface area is 110 Å². The SMILES string of the molecule is CC(C)c1ccc(CC(O)C2CCCCN2)cc1. The molecular weight excluding hydrogens is 222 g/mol. The highest BCUT2D eigenvalue weighted by Crippen LogP contribution is 2.17. The molecule has 0 bridgehead atoms. The molecule has 0 aromatic heterocycles. The minimum atomic E-state index is -0.254. The average molecular weight is 247 g/mol. The van der Waals surface area contributed by atoms with Gasteiger partial charge in [-0.25, -0.2) is 0 Å². The first kappa shape index (κ1) is 13.6. The van der Waals surface area contributed by atoms with E-state index in [1.807, 2.05) is 0 Å². The maximum absolute atomic E-state index is 10.2. The number of piperidine rings is 1. The maximum atomic E-state index is 10.2. The van der Waals surface area contributed by atoms with E-state index in [1.54, 1.807) is 0 Å². The second-order valence-electron chi connectivity index (χ2n) is 5.72. The standard InChI is InChI=1S/C16H25NO/c1-12(2)14-8-6-13(7-9-14)11-16(18)15-5-3-4-10-17-15/h6-9,12,15-18H,3-5,10-11H2,1-2H3. The van der Waals surface area contributed by atoms with Crippen molar-refractivity contribution in [1.29, 1.82) is 0 Å². The van der Waals surface area contributed by atoms with Crippen LogP contribution < -0.4 is 5.32 Å². The summed E-state index contributed by atoms with van der Waals surface area (Å²) in [4.78, 5) is 0. The van der Waals surface area contributed by atoms with E-state index in [-0.39, 0.29) is 12.1 Å². The van der Waals surface area contributed by atoms with Crippen LogP contribution in [0.15, 0.2) is 24.3 Å².